The zero-order chi connectivity index (χ0) is 16.8. The second kappa shape index (κ2) is 5.08. The molecule has 0 aliphatic carbocycles. The molecule has 24 heavy (non-hydrogen) atoms. The number of hydrogen-bond acceptors (Lipinski definition) is 6. The molecule has 9 heteroatoms. The Labute approximate surface area is 134 Å². The van der Waals surface area contributed by atoms with Crippen molar-refractivity contribution < 1.29 is 0 Å². The summed E-state index contributed by atoms with van der Waals surface area (Å²) in [6, 6.07) is 7.22. The van der Waals surface area contributed by atoms with Gasteiger partial charge >= 0.3 is 5.69 Å². The van der Waals surface area contributed by atoms with Crippen LogP contribution in [-0.4, -0.2) is 34.1 Å². The zero-order valence-corrected chi connectivity index (χ0v) is 13.0. The normalized spacial score (nSPS) is 11.4. The van der Waals surface area contributed by atoms with Gasteiger partial charge in [0, 0.05) is 20.3 Å². The summed E-state index contributed by atoms with van der Waals surface area (Å²) < 4.78 is 3.97. The lowest BCUT2D eigenvalue weighted by atomic mass is 10.3. The molecule has 0 fully saturated rings. The van der Waals surface area contributed by atoms with Gasteiger partial charge in [-0.25, -0.2) is 14.8 Å². The van der Waals surface area contributed by atoms with Crippen molar-refractivity contribution in [3.05, 3.63) is 57.0 Å². The van der Waals surface area contributed by atoms with Gasteiger partial charge in [-0.2, -0.15) is 0 Å². The van der Waals surface area contributed by atoms with Crippen LogP contribution in [0.5, 0.6) is 0 Å². The quantitative estimate of drug-likeness (QED) is 0.474. The maximum absolute atomic E-state index is 12.6. The van der Waals surface area contributed by atoms with Gasteiger partial charge in [0.2, 0.25) is 0 Å². The van der Waals surface area contributed by atoms with E-state index in [1.807, 2.05) is 12.1 Å². The van der Waals surface area contributed by atoms with Gasteiger partial charge in [0.25, 0.3) is 5.56 Å². The van der Waals surface area contributed by atoms with Gasteiger partial charge in [-0.05, 0) is 12.1 Å². The first-order valence-corrected chi connectivity index (χ1v) is 7.26. The van der Waals surface area contributed by atoms with Crippen molar-refractivity contribution in [2.45, 2.75) is 6.54 Å². The fraction of sp³-hybridized carbons (Fsp3) is 0.200. The summed E-state index contributed by atoms with van der Waals surface area (Å²) in [7, 11) is 3.17. The van der Waals surface area contributed by atoms with E-state index >= 15 is 0 Å². The summed E-state index contributed by atoms with van der Waals surface area (Å²) in [6.07, 6.45) is 1.71. The Balaban J connectivity index is 2.08. The lowest BCUT2D eigenvalue weighted by molar-refractivity contribution is 0.656. The van der Waals surface area contributed by atoms with Crippen molar-refractivity contribution in [2.24, 2.45) is 14.1 Å². The van der Waals surface area contributed by atoms with Crippen molar-refractivity contribution in [2.75, 3.05) is 0 Å². The van der Waals surface area contributed by atoms with Gasteiger partial charge in [0.15, 0.2) is 11.2 Å². The summed E-state index contributed by atoms with van der Waals surface area (Å²) >= 11 is 0. The second-order valence-corrected chi connectivity index (χ2v) is 5.50. The van der Waals surface area contributed by atoms with Gasteiger partial charge in [-0.3, -0.25) is 18.6 Å². The van der Waals surface area contributed by atoms with E-state index in [-0.39, 0.29) is 17.7 Å². The molecule has 0 saturated heterocycles. The molecule has 0 N–H and O–H groups in total. The summed E-state index contributed by atoms with van der Waals surface area (Å²) in [5.74, 6) is 0. The number of aromatic nitrogens is 7. The molecule has 0 unspecified atom stereocenters. The Morgan fingerprint density at radius 1 is 1.04 bits per heavy atom. The highest BCUT2D eigenvalue weighted by molar-refractivity contribution is 5.83. The van der Waals surface area contributed by atoms with Gasteiger partial charge in [0.05, 0.1) is 17.6 Å². The molecule has 3 aromatic heterocycles. The SMILES string of the molecule is Cn1cc(Cn2c(=O)n(C)c(=O)c3nc4ccccc4nc32)nn1. The van der Waals surface area contributed by atoms with Crippen LogP contribution in [0.15, 0.2) is 40.1 Å². The molecule has 4 rings (SSSR count). The summed E-state index contributed by atoms with van der Waals surface area (Å²) in [4.78, 5) is 33.8. The van der Waals surface area contributed by atoms with Crippen LogP contribution in [-0.2, 0) is 20.6 Å². The number of fused-ring (bicyclic) bond motifs is 2. The molecule has 3 heterocycles. The van der Waals surface area contributed by atoms with E-state index in [1.54, 1.807) is 30.1 Å². The Bertz CT molecular complexity index is 1200. The molecular weight excluding hydrogens is 310 g/mol. The van der Waals surface area contributed by atoms with Crippen LogP contribution < -0.4 is 11.2 Å². The molecule has 0 amide bonds. The van der Waals surface area contributed by atoms with Crippen LogP contribution in [0, 0.1) is 0 Å². The number of hydrogen-bond donors (Lipinski definition) is 0. The Morgan fingerprint density at radius 2 is 1.75 bits per heavy atom. The maximum atomic E-state index is 12.6. The average Bonchev–Trinajstić information content (AvgIpc) is 3.00. The third-order valence-electron chi connectivity index (χ3n) is 3.80. The largest absolute Gasteiger partial charge is 0.332 e. The molecule has 0 spiro atoms. The monoisotopic (exact) mass is 323 g/mol. The zero-order valence-electron chi connectivity index (χ0n) is 13.0. The highest BCUT2D eigenvalue weighted by atomic mass is 16.2. The molecule has 0 atom stereocenters. The van der Waals surface area contributed by atoms with Crippen molar-refractivity contribution >= 4 is 22.2 Å². The van der Waals surface area contributed by atoms with Gasteiger partial charge < -0.3 is 0 Å². The van der Waals surface area contributed by atoms with Crippen LogP contribution in [0.1, 0.15) is 5.69 Å². The minimum Gasteiger partial charge on any atom is -0.270 e. The van der Waals surface area contributed by atoms with Gasteiger partial charge in [-0.15, -0.1) is 5.10 Å². The molecular formula is C15H13N7O2. The number of rotatable bonds is 2. The van der Waals surface area contributed by atoms with E-state index in [4.69, 9.17) is 0 Å². The van der Waals surface area contributed by atoms with E-state index < -0.39 is 11.2 Å². The van der Waals surface area contributed by atoms with E-state index in [1.165, 1.54) is 11.6 Å². The minimum atomic E-state index is -0.470. The first-order valence-electron chi connectivity index (χ1n) is 7.26. The second-order valence-electron chi connectivity index (χ2n) is 5.50. The summed E-state index contributed by atoms with van der Waals surface area (Å²) in [6.45, 7) is 0.157. The van der Waals surface area contributed by atoms with E-state index in [2.05, 4.69) is 20.3 Å². The highest BCUT2D eigenvalue weighted by Gasteiger charge is 2.15. The van der Waals surface area contributed by atoms with Crippen molar-refractivity contribution in [3.8, 4) is 0 Å². The van der Waals surface area contributed by atoms with Gasteiger partial charge in [0.1, 0.15) is 5.69 Å². The lowest BCUT2D eigenvalue weighted by Gasteiger charge is -2.10. The van der Waals surface area contributed by atoms with Crippen LogP contribution >= 0.6 is 0 Å². The van der Waals surface area contributed by atoms with E-state index in [9.17, 15) is 9.59 Å². The minimum absolute atomic E-state index is 0.152. The summed E-state index contributed by atoms with van der Waals surface area (Å²) in [5.41, 5.74) is 1.27. The first kappa shape index (κ1) is 14.2. The number of para-hydroxylation sites is 2. The molecule has 4 aromatic rings. The maximum Gasteiger partial charge on any atom is 0.332 e. The topological polar surface area (TPSA) is 100 Å². The molecule has 0 radical (unpaired) electrons. The fourth-order valence-electron chi connectivity index (χ4n) is 2.61. The highest BCUT2D eigenvalue weighted by Crippen LogP contribution is 2.13. The molecule has 1 aromatic carbocycles. The fourth-order valence-corrected chi connectivity index (χ4v) is 2.61. The van der Waals surface area contributed by atoms with Gasteiger partial charge in [-0.1, -0.05) is 17.3 Å². The predicted molar refractivity (Wildman–Crippen MR) is 86.7 cm³/mol. The summed E-state index contributed by atoms with van der Waals surface area (Å²) in [5, 5.41) is 7.85. The number of aryl methyl sites for hydroxylation is 1. The van der Waals surface area contributed by atoms with E-state index in [0.29, 0.717) is 16.7 Å². The first-order chi connectivity index (χ1) is 11.5. The molecule has 0 bridgehead atoms. The molecule has 9 nitrogen and oxygen atoms in total. The Hall–Kier alpha value is -3.36. The number of nitrogens with zero attached hydrogens (tertiary/aromatic N) is 7. The van der Waals surface area contributed by atoms with Crippen molar-refractivity contribution in [1.29, 1.82) is 0 Å². The van der Waals surface area contributed by atoms with Crippen LogP contribution in [0.2, 0.25) is 0 Å². The standard InChI is InChI=1S/C15H13N7O2/c1-20-7-9(18-19-20)8-22-13-12(14(23)21(2)15(22)24)16-10-5-3-4-6-11(10)17-13/h3-7H,8H2,1-2H3. The molecule has 120 valence electrons. The number of benzene rings is 1. The molecule has 0 aliphatic heterocycles. The smallest absolute Gasteiger partial charge is 0.270 e. The Kier molecular flexibility index (Phi) is 3.02. The predicted octanol–water partition coefficient (Wildman–Crippen LogP) is -0.180. The Morgan fingerprint density at radius 3 is 2.42 bits per heavy atom. The lowest BCUT2D eigenvalue weighted by Crippen LogP contribution is -2.39. The molecule has 0 saturated carbocycles. The third-order valence-corrected chi connectivity index (χ3v) is 3.80. The average molecular weight is 323 g/mol. The van der Waals surface area contributed by atoms with Crippen molar-refractivity contribution in [1.82, 2.24) is 34.1 Å². The van der Waals surface area contributed by atoms with Crippen LogP contribution in [0.25, 0.3) is 22.2 Å². The van der Waals surface area contributed by atoms with Crippen LogP contribution in [0.3, 0.4) is 0 Å². The van der Waals surface area contributed by atoms with Crippen molar-refractivity contribution in [3.63, 3.8) is 0 Å². The van der Waals surface area contributed by atoms with E-state index in [0.717, 1.165) is 4.57 Å². The van der Waals surface area contributed by atoms with Crippen LogP contribution in [0.4, 0.5) is 0 Å². The molecule has 0 aliphatic rings. The third kappa shape index (κ3) is 2.09.